The van der Waals surface area contributed by atoms with Crippen LogP contribution in [0.5, 0.6) is 0 Å². The molecule has 0 aromatic heterocycles. The molecule has 19 heteroatoms. The number of rotatable bonds is 75. The maximum atomic E-state index is 13.1. The van der Waals surface area contributed by atoms with E-state index in [4.69, 9.17) is 37.0 Å². The topological polar surface area (TPSA) is 237 Å². The van der Waals surface area contributed by atoms with Crippen molar-refractivity contribution in [3.05, 3.63) is 0 Å². The molecule has 0 radical (unpaired) electrons. The molecular weight excluding hydrogens is 1230 g/mol. The van der Waals surface area contributed by atoms with Gasteiger partial charge in [0.05, 0.1) is 26.4 Å². The number of aliphatic hydroxyl groups excluding tert-OH is 1. The van der Waals surface area contributed by atoms with Crippen molar-refractivity contribution in [2.24, 2.45) is 5.92 Å². The summed E-state index contributed by atoms with van der Waals surface area (Å²) in [5.74, 6) is -1.31. The Bertz CT molecular complexity index is 1810. The molecule has 0 aromatic carbocycles. The maximum Gasteiger partial charge on any atom is 0.472 e. The third-order valence-corrected chi connectivity index (χ3v) is 19.4. The lowest BCUT2D eigenvalue weighted by atomic mass is 10.0. The standard InChI is InChI=1S/C75H146O17P2/c1-6-9-12-15-18-21-23-25-27-31-35-39-44-49-54-59-73(78)86-65-71(92-75(80)61-56-51-46-41-36-32-29-26-28-30-33-38-42-47-52-57-68(4)5)67-90-94(83,84)88-63-69(76)62-87-93(81,82)89-66-70(64-85-72(77)58-53-48-43-37-20-17-14-11-8-3)91-74(79)60-55-50-45-40-34-24-22-19-16-13-10-7-2/h68-71,76H,6-67H2,1-5H3,(H,81,82)(H,83,84)/t69-,70+,71+/m0/s1. The fourth-order valence-corrected chi connectivity index (χ4v) is 13.1. The molecule has 558 valence electrons. The molecule has 0 saturated carbocycles. The van der Waals surface area contributed by atoms with E-state index in [0.717, 1.165) is 95.8 Å². The van der Waals surface area contributed by atoms with Crippen LogP contribution in [0.2, 0.25) is 0 Å². The Kier molecular flexibility index (Phi) is 66.8. The van der Waals surface area contributed by atoms with Crippen LogP contribution in [0.4, 0.5) is 0 Å². The summed E-state index contributed by atoms with van der Waals surface area (Å²) in [4.78, 5) is 72.7. The van der Waals surface area contributed by atoms with Gasteiger partial charge in [0.2, 0.25) is 0 Å². The van der Waals surface area contributed by atoms with E-state index in [1.807, 2.05) is 0 Å². The average Bonchev–Trinajstić information content (AvgIpc) is 1.56. The number of esters is 4. The van der Waals surface area contributed by atoms with Crippen molar-refractivity contribution in [2.45, 2.75) is 412 Å². The Morgan fingerprint density at radius 3 is 0.723 bits per heavy atom. The van der Waals surface area contributed by atoms with Gasteiger partial charge in [0, 0.05) is 25.7 Å². The molecule has 0 amide bonds. The smallest absolute Gasteiger partial charge is 0.462 e. The molecule has 0 rings (SSSR count). The van der Waals surface area contributed by atoms with Crippen LogP contribution in [0.1, 0.15) is 394 Å². The Morgan fingerprint density at radius 1 is 0.287 bits per heavy atom. The van der Waals surface area contributed by atoms with Crippen LogP contribution in [-0.4, -0.2) is 96.7 Å². The van der Waals surface area contributed by atoms with Crippen molar-refractivity contribution in [3.8, 4) is 0 Å². The molecule has 94 heavy (non-hydrogen) atoms. The van der Waals surface area contributed by atoms with E-state index in [2.05, 4.69) is 34.6 Å². The van der Waals surface area contributed by atoms with E-state index in [1.165, 1.54) is 218 Å². The Balaban J connectivity index is 5.22. The van der Waals surface area contributed by atoms with Crippen LogP contribution in [0.15, 0.2) is 0 Å². The molecule has 0 saturated heterocycles. The minimum atomic E-state index is -4.96. The fourth-order valence-electron chi connectivity index (χ4n) is 11.5. The number of phosphoric ester groups is 2. The van der Waals surface area contributed by atoms with Crippen molar-refractivity contribution in [2.75, 3.05) is 39.6 Å². The molecule has 0 heterocycles. The summed E-state index contributed by atoms with van der Waals surface area (Å²) in [6, 6.07) is 0. The van der Waals surface area contributed by atoms with E-state index < -0.39 is 97.5 Å². The summed E-state index contributed by atoms with van der Waals surface area (Å²) in [5, 5.41) is 10.6. The molecule has 3 N–H and O–H groups in total. The predicted molar refractivity (Wildman–Crippen MR) is 382 cm³/mol. The highest BCUT2D eigenvalue weighted by Crippen LogP contribution is 2.45. The first-order valence-electron chi connectivity index (χ1n) is 39.1. The highest BCUT2D eigenvalue weighted by atomic mass is 31.2. The monoisotopic (exact) mass is 1380 g/mol. The first-order chi connectivity index (χ1) is 45.5. The summed E-state index contributed by atoms with van der Waals surface area (Å²) in [7, 11) is -9.90. The van der Waals surface area contributed by atoms with Crippen LogP contribution >= 0.6 is 15.6 Å². The minimum Gasteiger partial charge on any atom is -0.462 e. The second-order valence-electron chi connectivity index (χ2n) is 27.5. The quantitative estimate of drug-likeness (QED) is 0.0222. The largest absolute Gasteiger partial charge is 0.472 e. The van der Waals surface area contributed by atoms with E-state index >= 15 is 0 Å². The van der Waals surface area contributed by atoms with E-state index in [1.54, 1.807) is 0 Å². The van der Waals surface area contributed by atoms with Gasteiger partial charge in [-0.05, 0) is 31.6 Å². The third kappa shape index (κ3) is 68.6. The van der Waals surface area contributed by atoms with Crippen LogP contribution in [0.25, 0.3) is 0 Å². The summed E-state index contributed by atoms with van der Waals surface area (Å²) < 4.78 is 68.5. The summed E-state index contributed by atoms with van der Waals surface area (Å²) in [5.41, 5.74) is 0. The molecular formula is C75H146O17P2. The number of ether oxygens (including phenoxy) is 4. The van der Waals surface area contributed by atoms with Gasteiger partial charge in [-0.1, -0.05) is 343 Å². The zero-order valence-corrected chi connectivity index (χ0v) is 62.9. The SMILES string of the molecule is CCCCCCCCCCCCCCCCCC(=O)OC[C@H](COP(=O)(O)OC[C@@H](O)COP(=O)(O)OC[C@@H](COC(=O)CCCCCCCCCCC)OC(=O)CCCCCCCCCCCCCC)OC(=O)CCCCCCCCCCCCCCCCCC(C)C. The second kappa shape index (κ2) is 68.2. The highest BCUT2D eigenvalue weighted by molar-refractivity contribution is 7.47. The van der Waals surface area contributed by atoms with Crippen molar-refractivity contribution in [1.29, 1.82) is 0 Å². The number of hydrogen-bond acceptors (Lipinski definition) is 15. The second-order valence-corrected chi connectivity index (χ2v) is 30.4. The zero-order valence-electron chi connectivity index (χ0n) is 61.1. The lowest BCUT2D eigenvalue weighted by Gasteiger charge is -2.21. The molecule has 0 bridgehead atoms. The van der Waals surface area contributed by atoms with Crippen LogP contribution in [0, 0.1) is 5.92 Å². The number of phosphoric acid groups is 2. The summed E-state index contributed by atoms with van der Waals surface area (Å²) in [6.45, 7) is 7.30. The molecule has 0 aliphatic heterocycles. The molecule has 17 nitrogen and oxygen atoms in total. The molecule has 5 atom stereocenters. The lowest BCUT2D eigenvalue weighted by Crippen LogP contribution is -2.30. The highest BCUT2D eigenvalue weighted by Gasteiger charge is 2.30. The van der Waals surface area contributed by atoms with Crippen molar-refractivity contribution in [1.82, 2.24) is 0 Å². The molecule has 0 spiro atoms. The fraction of sp³-hybridized carbons (Fsp3) is 0.947. The van der Waals surface area contributed by atoms with E-state index in [0.29, 0.717) is 25.7 Å². The van der Waals surface area contributed by atoms with Gasteiger partial charge >= 0.3 is 39.5 Å². The van der Waals surface area contributed by atoms with E-state index in [-0.39, 0.29) is 25.7 Å². The molecule has 0 fully saturated rings. The first-order valence-corrected chi connectivity index (χ1v) is 42.1. The third-order valence-electron chi connectivity index (χ3n) is 17.5. The summed E-state index contributed by atoms with van der Waals surface area (Å²) in [6.07, 6.45) is 56.8. The molecule has 0 aliphatic carbocycles. The number of hydrogen-bond donors (Lipinski definition) is 3. The molecule has 0 aliphatic rings. The Hall–Kier alpha value is -1.94. The number of unbranched alkanes of at least 4 members (excludes halogenated alkanes) is 47. The number of carbonyl (C=O) groups excluding carboxylic acids is 4. The maximum absolute atomic E-state index is 13.1. The van der Waals surface area contributed by atoms with Crippen molar-refractivity contribution >= 4 is 39.5 Å². The van der Waals surface area contributed by atoms with Gasteiger partial charge < -0.3 is 33.8 Å². The predicted octanol–water partition coefficient (Wildman–Crippen LogP) is 22.1. The van der Waals surface area contributed by atoms with Crippen molar-refractivity contribution in [3.63, 3.8) is 0 Å². The number of aliphatic hydroxyl groups is 1. The van der Waals surface area contributed by atoms with Gasteiger partial charge in [0.15, 0.2) is 12.2 Å². The Labute approximate surface area is 575 Å². The summed E-state index contributed by atoms with van der Waals surface area (Å²) >= 11 is 0. The van der Waals surface area contributed by atoms with E-state index in [9.17, 15) is 43.2 Å². The number of carbonyl (C=O) groups is 4. The van der Waals surface area contributed by atoms with Gasteiger partial charge in [0.25, 0.3) is 0 Å². The molecule has 2 unspecified atom stereocenters. The van der Waals surface area contributed by atoms with Crippen LogP contribution in [0.3, 0.4) is 0 Å². The van der Waals surface area contributed by atoms with Gasteiger partial charge in [-0.2, -0.15) is 0 Å². The van der Waals surface area contributed by atoms with Gasteiger partial charge in [-0.25, -0.2) is 9.13 Å². The first kappa shape index (κ1) is 92.1. The average molecular weight is 1380 g/mol. The minimum absolute atomic E-state index is 0.108. The normalized spacial score (nSPS) is 14.0. The lowest BCUT2D eigenvalue weighted by molar-refractivity contribution is -0.161. The van der Waals surface area contributed by atoms with Gasteiger partial charge in [-0.15, -0.1) is 0 Å². The van der Waals surface area contributed by atoms with Gasteiger partial charge in [-0.3, -0.25) is 37.3 Å². The zero-order chi connectivity index (χ0) is 69.1. The van der Waals surface area contributed by atoms with Crippen LogP contribution < -0.4 is 0 Å². The van der Waals surface area contributed by atoms with Gasteiger partial charge in [0.1, 0.15) is 19.3 Å². The van der Waals surface area contributed by atoms with Crippen LogP contribution in [-0.2, 0) is 65.4 Å². The Morgan fingerprint density at radius 2 is 0.489 bits per heavy atom. The molecule has 0 aromatic rings. The van der Waals surface area contributed by atoms with Crippen molar-refractivity contribution < 1.29 is 80.2 Å².